The van der Waals surface area contributed by atoms with Gasteiger partial charge in [-0.3, -0.25) is 9.89 Å². The molecule has 122 valence electrons. The lowest BCUT2D eigenvalue weighted by Gasteiger charge is -2.21. The van der Waals surface area contributed by atoms with Crippen molar-refractivity contribution in [2.75, 3.05) is 5.32 Å². The number of nitrogens with zero attached hydrogens (tertiary/aromatic N) is 2. The maximum Gasteiger partial charge on any atom is 0.226 e. The van der Waals surface area contributed by atoms with Crippen molar-refractivity contribution in [2.24, 2.45) is 0 Å². The number of amides is 1. The fourth-order valence-corrected chi connectivity index (χ4v) is 3.06. The molecular formula is C18H18N4O2. The molecule has 0 saturated heterocycles. The van der Waals surface area contributed by atoms with Gasteiger partial charge in [0.15, 0.2) is 11.7 Å². The fourth-order valence-electron chi connectivity index (χ4n) is 3.06. The van der Waals surface area contributed by atoms with Crippen LogP contribution in [0, 0.1) is 0 Å². The van der Waals surface area contributed by atoms with Gasteiger partial charge in [-0.25, -0.2) is 4.98 Å². The highest BCUT2D eigenvalue weighted by Gasteiger charge is 2.34. The van der Waals surface area contributed by atoms with E-state index >= 15 is 0 Å². The van der Waals surface area contributed by atoms with Crippen molar-refractivity contribution in [3.63, 3.8) is 0 Å². The minimum absolute atomic E-state index is 0.0623. The van der Waals surface area contributed by atoms with Crippen molar-refractivity contribution in [3.05, 3.63) is 53.7 Å². The molecule has 3 aromatic rings. The summed E-state index contributed by atoms with van der Waals surface area (Å²) in [5.74, 6) is 1.23. The zero-order valence-corrected chi connectivity index (χ0v) is 13.5. The van der Waals surface area contributed by atoms with Gasteiger partial charge < -0.3 is 9.73 Å². The summed E-state index contributed by atoms with van der Waals surface area (Å²) in [6, 6.07) is 9.96. The molecule has 6 nitrogen and oxygen atoms in total. The maximum atomic E-state index is 12.1. The Bertz CT molecular complexity index is 880. The van der Waals surface area contributed by atoms with Gasteiger partial charge in [0.1, 0.15) is 6.26 Å². The van der Waals surface area contributed by atoms with Gasteiger partial charge in [0.2, 0.25) is 5.91 Å². The van der Waals surface area contributed by atoms with E-state index in [-0.39, 0.29) is 17.7 Å². The van der Waals surface area contributed by atoms with Crippen LogP contribution in [0.1, 0.15) is 49.3 Å². The van der Waals surface area contributed by atoms with Crippen molar-refractivity contribution in [1.29, 1.82) is 0 Å². The number of hydrogen-bond donors (Lipinski definition) is 2. The lowest BCUT2D eigenvalue weighted by atomic mass is 9.88. The Labute approximate surface area is 139 Å². The Morgan fingerprint density at radius 3 is 2.75 bits per heavy atom. The molecule has 1 aromatic carbocycles. The van der Waals surface area contributed by atoms with Gasteiger partial charge in [0, 0.05) is 23.8 Å². The van der Waals surface area contributed by atoms with Crippen molar-refractivity contribution in [2.45, 2.75) is 32.1 Å². The van der Waals surface area contributed by atoms with E-state index in [0.29, 0.717) is 18.1 Å². The zero-order chi connectivity index (χ0) is 16.7. The first-order valence-electron chi connectivity index (χ1n) is 8.02. The number of rotatable bonds is 3. The summed E-state index contributed by atoms with van der Waals surface area (Å²) in [5.41, 5.74) is 3.67. The molecule has 1 amide bonds. The van der Waals surface area contributed by atoms with E-state index in [1.165, 1.54) is 0 Å². The van der Waals surface area contributed by atoms with Gasteiger partial charge >= 0.3 is 0 Å². The predicted molar refractivity (Wildman–Crippen MR) is 89.7 cm³/mol. The summed E-state index contributed by atoms with van der Waals surface area (Å²) in [4.78, 5) is 16.7. The Morgan fingerprint density at radius 2 is 2.04 bits per heavy atom. The summed E-state index contributed by atoms with van der Waals surface area (Å²) in [6.07, 6.45) is 1.99. The highest BCUT2D eigenvalue weighted by atomic mass is 16.3. The molecule has 6 heteroatoms. The number of benzene rings is 1. The van der Waals surface area contributed by atoms with Gasteiger partial charge in [-0.15, -0.1) is 0 Å². The van der Waals surface area contributed by atoms with E-state index in [2.05, 4.69) is 20.5 Å². The first-order valence-corrected chi connectivity index (χ1v) is 8.02. The van der Waals surface area contributed by atoms with E-state index in [9.17, 15) is 4.79 Å². The minimum atomic E-state index is -0.168. The van der Waals surface area contributed by atoms with Crippen LogP contribution in [0.2, 0.25) is 0 Å². The van der Waals surface area contributed by atoms with Crippen LogP contribution in [0.5, 0.6) is 0 Å². The molecule has 0 saturated carbocycles. The summed E-state index contributed by atoms with van der Waals surface area (Å²) in [5, 5.41) is 10.2. The molecule has 1 aliphatic rings. The molecule has 1 atom stereocenters. The van der Waals surface area contributed by atoms with Crippen molar-refractivity contribution in [1.82, 2.24) is 15.2 Å². The number of carbonyl (C=O) groups is 1. The molecule has 0 unspecified atom stereocenters. The summed E-state index contributed by atoms with van der Waals surface area (Å²) < 4.78 is 5.58. The average molecular weight is 322 g/mol. The van der Waals surface area contributed by atoms with E-state index in [1.807, 2.05) is 44.2 Å². The first-order chi connectivity index (χ1) is 11.6. The van der Waals surface area contributed by atoms with Gasteiger partial charge in [0.25, 0.3) is 0 Å². The number of fused-ring (bicyclic) bond motifs is 1. The zero-order valence-electron chi connectivity index (χ0n) is 13.5. The third kappa shape index (κ3) is 2.40. The summed E-state index contributed by atoms with van der Waals surface area (Å²) in [7, 11) is 0. The molecule has 24 heavy (non-hydrogen) atoms. The highest BCUT2D eigenvalue weighted by molar-refractivity contribution is 5.95. The van der Waals surface area contributed by atoms with Crippen LogP contribution in [0.25, 0.3) is 11.3 Å². The predicted octanol–water partition coefficient (Wildman–Crippen LogP) is 3.66. The maximum absolute atomic E-state index is 12.1. The molecule has 2 N–H and O–H groups in total. The lowest BCUT2D eigenvalue weighted by Crippen LogP contribution is -2.23. The number of carbonyl (C=O) groups excluding carboxylic acids is 1. The van der Waals surface area contributed by atoms with Crippen molar-refractivity contribution in [3.8, 4) is 11.3 Å². The first kappa shape index (κ1) is 14.7. The number of anilines is 1. The topological polar surface area (TPSA) is 83.8 Å². The van der Waals surface area contributed by atoms with Crippen LogP contribution in [0.4, 0.5) is 5.82 Å². The molecule has 3 heterocycles. The number of oxazole rings is 1. The molecule has 0 aliphatic carbocycles. The number of aromatic amines is 1. The highest BCUT2D eigenvalue weighted by Crippen LogP contribution is 2.41. The van der Waals surface area contributed by atoms with Crippen molar-refractivity contribution < 1.29 is 9.21 Å². The standard InChI is InChI=1S/C18H18N4O2/c1-10(2)18-19-13(9-24-18)12-8-14(23)20-17-15(12)16(21-22-17)11-6-4-3-5-7-11/h3-7,9-10,12H,8H2,1-2H3,(H2,20,21,22,23)/t12-/m1/s1. The molecule has 0 radical (unpaired) electrons. The van der Waals surface area contributed by atoms with Crippen LogP contribution in [0.3, 0.4) is 0 Å². The Balaban J connectivity index is 1.83. The molecule has 0 fully saturated rings. The molecule has 0 bridgehead atoms. The molecule has 4 rings (SSSR count). The Morgan fingerprint density at radius 1 is 1.25 bits per heavy atom. The number of hydrogen-bond acceptors (Lipinski definition) is 4. The van der Waals surface area contributed by atoms with Crippen LogP contribution < -0.4 is 5.32 Å². The smallest absolute Gasteiger partial charge is 0.226 e. The van der Waals surface area contributed by atoms with Crippen LogP contribution in [0.15, 0.2) is 41.0 Å². The molecular weight excluding hydrogens is 304 g/mol. The summed E-state index contributed by atoms with van der Waals surface area (Å²) in [6.45, 7) is 4.06. The Kier molecular flexibility index (Phi) is 3.45. The fraction of sp³-hybridized carbons (Fsp3) is 0.278. The van der Waals surface area contributed by atoms with Crippen LogP contribution in [-0.2, 0) is 4.79 Å². The van der Waals surface area contributed by atoms with Gasteiger partial charge in [-0.2, -0.15) is 5.10 Å². The number of aromatic nitrogens is 3. The minimum Gasteiger partial charge on any atom is -0.448 e. The van der Waals surface area contributed by atoms with E-state index < -0.39 is 0 Å². The van der Waals surface area contributed by atoms with Gasteiger partial charge in [0.05, 0.1) is 11.4 Å². The second-order valence-corrected chi connectivity index (χ2v) is 6.30. The monoisotopic (exact) mass is 322 g/mol. The second kappa shape index (κ2) is 5.63. The second-order valence-electron chi connectivity index (χ2n) is 6.30. The largest absolute Gasteiger partial charge is 0.448 e. The average Bonchev–Trinajstić information content (AvgIpc) is 3.22. The molecule has 1 aliphatic heterocycles. The Hall–Kier alpha value is -2.89. The third-order valence-electron chi connectivity index (χ3n) is 4.25. The van der Waals surface area contributed by atoms with Gasteiger partial charge in [-0.1, -0.05) is 44.2 Å². The van der Waals surface area contributed by atoms with Crippen LogP contribution in [-0.4, -0.2) is 21.1 Å². The number of nitrogens with one attached hydrogen (secondary N) is 2. The van der Waals surface area contributed by atoms with E-state index in [0.717, 1.165) is 22.5 Å². The number of H-pyrrole nitrogens is 1. The van der Waals surface area contributed by atoms with E-state index in [4.69, 9.17) is 4.42 Å². The quantitative estimate of drug-likeness (QED) is 0.770. The van der Waals surface area contributed by atoms with Crippen molar-refractivity contribution >= 4 is 11.7 Å². The third-order valence-corrected chi connectivity index (χ3v) is 4.25. The van der Waals surface area contributed by atoms with Crippen LogP contribution >= 0.6 is 0 Å². The van der Waals surface area contributed by atoms with Gasteiger partial charge in [-0.05, 0) is 5.56 Å². The normalized spacial score (nSPS) is 17.0. The SMILES string of the molecule is CC(C)c1nc([C@H]2CC(=O)Nc3n[nH]c(-c4ccccc4)c32)co1. The van der Waals surface area contributed by atoms with E-state index in [1.54, 1.807) is 6.26 Å². The lowest BCUT2D eigenvalue weighted by molar-refractivity contribution is -0.116. The molecule has 0 spiro atoms. The summed E-state index contributed by atoms with van der Waals surface area (Å²) >= 11 is 0. The molecule has 2 aromatic heterocycles.